The zero-order chi connectivity index (χ0) is 12.5. The van der Waals surface area contributed by atoms with Crippen molar-refractivity contribution in [3.63, 3.8) is 0 Å². The monoisotopic (exact) mass is 233 g/mol. The van der Waals surface area contributed by atoms with Gasteiger partial charge in [-0.15, -0.1) is 0 Å². The average Bonchev–Trinajstić information content (AvgIpc) is 2.67. The molecule has 0 amide bonds. The van der Waals surface area contributed by atoms with Crippen LogP contribution in [0.2, 0.25) is 0 Å². The van der Waals surface area contributed by atoms with E-state index in [1.165, 1.54) is 24.0 Å². The van der Waals surface area contributed by atoms with Crippen molar-refractivity contribution < 1.29 is 4.74 Å². The summed E-state index contributed by atoms with van der Waals surface area (Å²) in [4.78, 5) is 0. The molecule has 1 aliphatic carbocycles. The van der Waals surface area contributed by atoms with Crippen LogP contribution in [0.3, 0.4) is 0 Å². The highest BCUT2D eigenvalue weighted by molar-refractivity contribution is 5.41. The predicted octanol–water partition coefficient (Wildman–Crippen LogP) is 3.11. The van der Waals surface area contributed by atoms with Crippen molar-refractivity contribution in [3.8, 4) is 5.75 Å². The molecule has 2 heteroatoms. The molecule has 17 heavy (non-hydrogen) atoms. The van der Waals surface area contributed by atoms with Crippen molar-refractivity contribution in [2.24, 2.45) is 0 Å². The Morgan fingerprint density at radius 3 is 2.76 bits per heavy atom. The van der Waals surface area contributed by atoms with Crippen LogP contribution in [0.25, 0.3) is 0 Å². The first-order valence-electron chi connectivity index (χ1n) is 6.41. The van der Waals surface area contributed by atoms with Crippen molar-refractivity contribution in [1.82, 2.24) is 5.32 Å². The number of methoxy groups -OCH3 is 1. The van der Waals surface area contributed by atoms with E-state index in [0.29, 0.717) is 5.92 Å². The summed E-state index contributed by atoms with van der Waals surface area (Å²) in [5.74, 6) is 1.62. The summed E-state index contributed by atoms with van der Waals surface area (Å²) < 4.78 is 5.31. The van der Waals surface area contributed by atoms with E-state index in [0.717, 1.165) is 12.3 Å². The van der Waals surface area contributed by atoms with Gasteiger partial charge in [0.25, 0.3) is 0 Å². The molecule has 2 rings (SSSR count). The van der Waals surface area contributed by atoms with E-state index in [1.54, 1.807) is 7.11 Å². The van der Waals surface area contributed by atoms with Gasteiger partial charge in [0, 0.05) is 12.1 Å². The van der Waals surface area contributed by atoms with Gasteiger partial charge in [0.05, 0.1) is 7.11 Å². The Hall–Kier alpha value is -1.02. The lowest BCUT2D eigenvalue weighted by molar-refractivity contribution is 0.402. The van der Waals surface area contributed by atoms with Crippen LogP contribution < -0.4 is 10.1 Å². The summed E-state index contributed by atoms with van der Waals surface area (Å²) in [6.45, 7) is 7.71. The van der Waals surface area contributed by atoms with Crippen molar-refractivity contribution in [3.05, 3.63) is 29.3 Å². The molecule has 1 aromatic rings. The third kappa shape index (κ3) is 3.01. The van der Waals surface area contributed by atoms with Gasteiger partial charge in [-0.25, -0.2) is 0 Å². The molecule has 0 fully saturated rings. The minimum absolute atomic E-state index is 0.196. The highest BCUT2D eigenvalue weighted by Gasteiger charge is 2.24. The fourth-order valence-electron chi connectivity index (χ4n) is 2.43. The minimum Gasteiger partial charge on any atom is -0.497 e. The van der Waals surface area contributed by atoms with Gasteiger partial charge >= 0.3 is 0 Å². The van der Waals surface area contributed by atoms with Crippen LogP contribution in [-0.4, -0.2) is 19.2 Å². The lowest BCUT2D eigenvalue weighted by Gasteiger charge is -2.23. The first-order valence-corrected chi connectivity index (χ1v) is 6.41. The molecule has 0 saturated heterocycles. The number of fused-ring (bicyclic) bond motifs is 1. The van der Waals surface area contributed by atoms with Crippen LogP contribution in [0.5, 0.6) is 5.75 Å². The van der Waals surface area contributed by atoms with Gasteiger partial charge in [0.2, 0.25) is 0 Å². The number of ether oxygens (including phenoxy) is 1. The molecule has 0 spiro atoms. The largest absolute Gasteiger partial charge is 0.497 e. The third-order valence-electron chi connectivity index (χ3n) is 3.43. The van der Waals surface area contributed by atoms with Gasteiger partial charge in [0.1, 0.15) is 5.75 Å². The van der Waals surface area contributed by atoms with Gasteiger partial charge in [-0.05, 0) is 62.8 Å². The summed E-state index contributed by atoms with van der Waals surface area (Å²) in [6, 6.07) is 6.49. The molecule has 0 radical (unpaired) electrons. The molecule has 1 N–H and O–H groups in total. The molecular formula is C15H23NO. The molecule has 0 bridgehead atoms. The second-order valence-electron chi connectivity index (χ2n) is 5.93. The lowest BCUT2D eigenvalue weighted by Crippen LogP contribution is -2.38. The summed E-state index contributed by atoms with van der Waals surface area (Å²) in [5, 5.41) is 3.60. The molecule has 1 aromatic carbocycles. The molecular weight excluding hydrogens is 210 g/mol. The van der Waals surface area contributed by atoms with Gasteiger partial charge in [-0.1, -0.05) is 6.07 Å². The molecule has 1 atom stereocenters. The Morgan fingerprint density at radius 1 is 1.35 bits per heavy atom. The Morgan fingerprint density at radius 2 is 2.12 bits per heavy atom. The fourth-order valence-corrected chi connectivity index (χ4v) is 2.43. The number of hydrogen-bond acceptors (Lipinski definition) is 2. The average molecular weight is 233 g/mol. The number of benzene rings is 1. The standard InChI is InChI=1S/C15H23NO/c1-15(2,3)16-10-12-6-5-11-7-8-13(17-4)9-14(11)12/h7-9,12,16H,5-6,10H2,1-4H3. The minimum atomic E-state index is 0.196. The van der Waals surface area contributed by atoms with E-state index in [9.17, 15) is 0 Å². The molecule has 1 aliphatic rings. The number of rotatable bonds is 3. The molecule has 0 saturated carbocycles. The molecule has 94 valence electrons. The maximum absolute atomic E-state index is 5.31. The maximum atomic E-state index is 5.31. The van der Waals surface area contributed by atoms with Crippen molar-refractivity contribution in [2.45, 2.75) is 45.1 Å². The second-order valence-corrected chi connectivity index (χ2v) is 5.93. The Kier molecular flexibility index (Phi) is 3.43. The quantitative estimate of drug-likeness (QED) is 0.866. The van der Waals surface area contributed by atoms with E-state index < -0.39 is 0 Å². The normalized spacial score (nSPS) is 19.2. The summed E-state index contributed by atoms with van der Waals surface area (Å²) in [7, 11) is 1.74. The molecule has 0 aromatic heterocycles. The zero-order valence-corrected chi connectivity index (χ0v) is 11.3. The van der Waals surface area contributed by atoms with Gasteiger partial charge in [-0.3, -0.25) is 0 Å². The molecule has 2 nitrogen and oxygen atoms in total. The Labute approximate surface area is 104 Å². The second kappa shape index (κ2) is 4.69. The summed E-state index contributed by atoms with van der Waals surface area (Å²) in [5.41, 5.74) is 3.16. The maximum Gasteiger partial charge on any atom is 0.119 e. The highest BCUT2D eigenvalue weighted by atomic mass is 16.5. The van der Waals surface area contributed by atoms with Crippen LogP contribution in [0.1, 0.15) is 44.2 Å². The van der Waals surface area contributed by atoms with Gasteiger partial charge < -0.3 is 10.1 Å². The first kappa shape index (κ1) is 12.4. The first-order chi connectivity index (χ1) is 7.99. The van der Waals surface area contributed by atoms with E-state index >= 15 is 0 Å². The van der Waals surface area contributed by atoms with Crippen LogP contribution >= 0.6 is 0 Å². The Bertz CT molecular complexity index is 392. The lowest BCUT2D eigenvalue weighted by atomic mass is 9.99. The van der Waals surface area contributed by atoms with Crippen LogP contribution in [0.4, 0.5) is 0 Å². The summed E-state index contributed by atoms with van der Waals surface area (Å²) in [6.07, 6.45) is 2.46. The van der Waals surface area contributed by atoms with Crippen LogP contribution in [-0.2, 0) is 6.42 Å². The predicted molar refractivity (Wildman–Crippen MR) is 71.8 cm³/mol. The number of aryl methyl sites for hydroxylation is 1. The van der Waals surface area contributed by atoms with Gasteiger partial charge in [0.15, 0.2) is 0 Å². The van der Waals surface area contributed by atoms with E-state index in [2.05, 4.69) is 44.3 Å². The topological polar surface area (TPSA) is 21.3 Å². The zero-order valence-electron chi connectivity index (χ0n) is 11.3. The third-order valence-corrected chi connectivity index (χ3v) is 3.43. The van der Waals surface area contributed by atoms with Crippen LogP contribution in [0, 0.1) is 0 Å². The van der Waals surface area contributed by atoms with Crippen molar-refractivity contribution >= 4 is 0 Å². The van der Waals surface area contributed by atoms with Crippen molar-refractivity contribution in [1.29, 1.82) is 0 Å². The summed E-state index contributed by atoms with van der Waals surface area (Å²) >= 11 is 0. The van der Waals surface area contributed by atoms with E-state index in [-0.39, 0.29) is 5.54 Å². The fraction of sp³-hybridized carbons (Fsp3) is 0.600. The van der Waals surface area contributed by atoms with E-state index in [4.69, 9.17) is 4.74 Å². The van der Waals surface area contributed by atoms with Crippen LogP contribution in [0.15, 0.2) is 18.2 Å². The highest BCUT2D eigenvalue weighted by Crippen LogP contribution is 2.35. The molecule has 0 heterocycles. The molecule has 0 aliphatic heterocycles. The SMILES string of the molecule is COc1ccc2c(c1)C(CNC(C)(C)C)CC2. The Balaban J connectivity index is 2.10. The number of nitrogens with one attached hydrogen (secondary N) is 1. The smallest absolute Gasteiger partial charge is 0.119 e. The number of hydrogen-bond donors (Lipinski definition) is 1. The van der Waals surface area contributed by atoms with Crippen molar-refractivity contribution in [2.75, 3.05) is 13.7 Å². The van der Waals surface area contributed by atoms with Gasteiger partial charge in [-0.2, -0.15) is 0 Å². The van der Waals surface area contributed by atoms with E-state index in [1.807, 2.05) is 0 Å². The molecule has 1 unspecified atom stereocenters.